The third-order valence-electron chi connectivity index (χ3n) is 8.63. The number of nitrogens with one attached hydrogen (secondary N) is 1. The van der Waals surface area contributed by atoms with Gasteiger partial charge in [0.05, 0.1) is 11.6 Å². The van der Waals surface area contributed by atoms with E-state index in [2.05, 4.69) is 57.3 Å². The average molecular weight is 519 g/mol. The van der Waals surface area contributed by atoms with E-state index in [4.69, 9.17) is 4.99 Å². The van der Waals surface area contributed by atoms with Gasteiger partial charge in [-0.1, -0.05) is 65.3 Å². The molecule has 3 unspecified atom stereocenters. The molecule has 0 saturated carbocycles. The zero-order valence-electron chi connectivity index (χ0n) is 24.1. The summed E-state index contributed by atoms with van der Waals surface area (Å²) in [6, 6.07) is 14.9. The van der Waals surface area contributed by atoms with Crippen molar-refractivity contribution in [2.75, 3.05) is 6.54 Å². The Morgan fingerprint density at radius 2 is 1.56 bits per heavy atom. The Hall–Kier alpha value is -3.79. The first-order valence-corrected chi connectivity index (χ1v) is 13.9. The number of carbonyl (C=O) groups is 2. The van der Waals surface area contributed by atoms with Crippen LogP contribution in [0, 0.1) is 26.7 Å². The molecule has 2 aromatic rings. The Kier molecular flexibility index (Phi) is 7.15. The molecule has 3 atom stereocenters. The van der Waals surface area contributed by atoms with Gasteiger partial charge >= 0.3 is 0 Å². The molecule has 1 N–H and O–H groups in total. The van der Waals surface area contributed by atoms with Crippen molar-refractivity contribution in [3.05, 3.63) is 116 Å². The molecular formula is C35H38N2O2. The first-order valence-electron chi connectivity index (χ1n) is 13.9. The van der Waals surface area contributed by atoms with Crippen LogP contribution >= 0.6 is 0 Å². The van der Waals surface area contributed by atoms with Gasteiger partial charge in [-0.25, -0.2) is 0 Å². The summed E-state index contributed by atoms with van der Waals surface area (Å²) in [6.07, 6.45) is 4.82. The van der Waals surface area contributed by atoms with Crippen LogP contribution in [0.25, 0.3) is 0 Å². The summed E-state index contributed by atoms with van der Waals surface area (Å²) < 4.78 is 0. The number of Topliss-reactive ketones (excluding diaryl/α,β-unsaturated/α-hetero) is 1. The molecule has 0 aromatic heterocycles. The average Bonchev–Trinajstić information content (AvgIpc) is 3.35. The van der Waals surface area contributed by atoms with Gasteiger partial charge in [-0.05, 0) is 82.4 Å². The minimum atomic E-state index is -0.480. The maximum atomic E-state index is 14.1. The fourth-order valence-electron chi connectivity index (χ4n) is 6.43. The van der Waals surface area contributed by atoms with Crippen LogP contribution in [-0.2, 0) is 9.59 Å². The second-order valence-corrected chi connectivity index (χ2v) is 11.3. The molecule has 0 spiro atoms. The van der Waals surface area contributed by atoms with Crippen molar-refractivity contribution in [2.24, 2.45) is 10.9 Å². The third-order valence-corrected chi connectivity index (χ3v) is 8.63. The number of amides is 1. The van der Waals surface area contributed by atoms with E-state index in [1.165, 1.54) is 33.4 Å². The fourth-order valence-corrected chi connectivity index (χ4v) is 6.43. The van der Waals surface area contributed by atoms with E-state index in [0.29, 0.717) is 24.2 Å². The molecule has 1 amide bonds. The van der Waals surface area contributed by atoms with E-state index in [0.717, 1.165) is 22.4 Å². The summed E-state index contributed by atoms with van der Waals surface area (Å²) in [6.45, 7) is 15.0. The van der Waals surface area contributed by atoms with Crippen molar-refractivity contribution < 1.29 is 9.59 Å². The summed E-state index contributed by atoms with van der Waals surface area (Å²) >= 11 is 0. The Bertz CT molecular complexity index is 1530. The predicted molar refractivity (Wildman–Crippen MR) is 159 cm³/mol. The number of likely N-dealkylation sites (N-methyl/N-ethyl adjacent to an activating group) is 1. The van der Waals surface area contributed by atoms with Crippen molar-refractivity contribution >= 4 is 17.4 Å². The first-order chi connectivity index (χ1) is 18.6. The number of aryl methyl sites for hydroxylation is 3. The Balaban J connectivity index is 1.50. The lowest BCUT2D eigenvalue weighted by Crippen LogP contribution is -2.36. The molecule has 3 aliphatic rings. The number of carbonyl (C=O) groups excluding carboxylic acids is 2. The van der Waals surface area contributed by atoms with Crippen LogP contribution in [0.5, 0.6) is 0 Å². The highest BCUT2D eigenvalue weighted by Crippen LogP contribution is 2.46. The van der Waals surface area contributed by atoms with Crippen LogP contribution in [0.2, 0.25) is 0 Å². The quantitative estimate of drug-likeness (QED) is 0.442. The van der Waals surface area contributed by atoms with E-state index >= 15 is 0 Å². The molecular weight excluding hydrogens is 480 g/mol. The normalized spacial score (nSPS) is 22.6. The molecule has 5 rings (SSSR count). The Labute approximate surface area is 232 Å². The highest BCUT2D eigenvalue weighted by atomic mass is 16.2. The number of ketones is 1. The van der Waals surface area contributed by atoms with Gasteiger partial charge in [0.25, 0.3) is 0 Å². The predicted octanol–water partition coefficient (Wildman–Crippen LogP) is 7.14. The number of fused-ring (bicyclic) bond motifs is 1. The van der Waals surface area contributed by atoms with Gasteiger partial charge in [0.2, 0.25) is 5.91 Å². The van der Waals surface area contributed by atoms with Crippen LogP contribution in [-0.4, -0.2) is 23.9 Å². The number of rotatable bonds is 6. The van der Waals surface area contributed by atoms with Gasteiger partial charge < -0.3 is 5.32 Å². The summed E-state index contributed by atoms with van der Waals surface area (Å²) in [7, 11) is 0. The lowest BCUT2D eigenvalue weighted by molar-refractivity contribution is -0.118. The minimum absolute atomic E-state index is 0.0783. The largest absolute Gasteiger partial charge is 0.353 e. The SMILES string of the molecule is CCNC(=O)C1=C(C)N=C2C=C(CC3=C(C)C(c4ccc(C)c(C)c4)C(C)=C3)C(=O)C2C1c1ccc(C)cc1. The van der Waals surface area contributed by atoms with E-state index in [1.54, 1.807) is 0 Å². The molecule has 1 aliphatic heterocycles. The molecule has 39 heavy (non-hydrogen) atoms. The summed E-state index contributed by atoms with van der Waals surface area (Å²) in [5.74, 6) is -0.662. The summed E-state index contributed by atoms with van der Waals surface area (Å²) in [5, 5.41) is 2.95. The second-order valence-electron chi connectivity index (χ2n) is 11.3. The smallest absolute Gasteiger partial charge is 0.249 e. The van der Waals surface area contributed by atoms with Crippen molar-refractivity contribution in [1.29, 1.82) is 0 Å². The summed E-state index contributed by atoms with van der Waals surface area (Å²) in [5.41, 5.74) is 12.7. The van der Waals surface area contributed by atoms with E-state index in [-0.39, 0.29) is 23.5 Å². The molecule has 0 fully saturated rings. The molecule has 0 bridgehead atoms. The molecule has 2 aromatic carbocycles. The van der Waals surface area contributed by atoms with Crippen LogP contribution in [0.3, 0.4) is 0 Å². The van der Waals surface area contributed by atoms with E-state index < -0.39 is 5.92 Å². The lowest BCUT2D eigenvalue weighted by atomic mass is 9.74. The summed E-state index contributed by atoms with van der Waals surface area (Å²) in [4.78, 5) is 32.1. The molecule has 2 aliphatic carbocycles. The van der Waals surface area contributed by atoms with Gasteiger partial charge in [-0.15, -0.1) is 0 Å². The maximum absolute atomic E-state index is 14.1. The standard InChI is InChI=1S/C35H38N2O2/c1-8-36-35(39)31-24(7)37-29-18-28(34(38)33(29)32(31)25-12-9-19(2)10-13-25)17-27-16-22(5)30(23(27)6)26-14-11-20(3)21(4)15-26/h9-16,18,30,32-33H,8,17H2,1-7H3,(H,36,39). The van der Waals surface area contributed by atoms with Gasteiger partial charge in [-0.2, -0.15) is 0 Å². The van der Waals surface area contributed by atoms with Crippen LogP contribution in [0.15, 0.2) is 93.2 Å². The van der Waals surface area contributed by atoms with Gasteiger partial charge in [0, 0.05) is 41.6 Å². The molecule has 0 saturated heterocycles. The van der Waals surface area contributed by atoms with Gasteiger partial charge in [0.1, 0.15) is 0 Å². The zero-order chi connectivity index (χ0) is 28.0. The maximum Gasteiger partial charge on any atom is 0.249 e. The van der Waals surface area contributed by atoms with Gasteiger partial charge in [0.15, 0.2) is 5.78 Å². The fraction of sp³-hybridized carbons (Fsp3) is 0.343. The number of aliphatic imine (C=N–C) groups is 1. The highest BCUT2D eigenvalue weighted by molar-refractivity contribution is 6.26. The Morgan fingerprint density at radius 1 is 0.872 bits per heavy atom. The molecule has 200 valence electrons. The van der Waals surface area contributed by atoms with Crippen molar-refractivity contribution in [1.82, 2.24) is 5.32 Å². The van der Waals surface area contributed by atoms with Crippen LogP contribution in [0.1, 0.15) is 73.8 Å². The number of benzene rings is 2. The molecule has 1 heterocycles. The number of allylic oxidation sites excluding steroid dienone is 7. The Morgan fingerprint density at radius 3 is 2.23 bits per heavy atom. The molecule has 4 nitrogen and oxygen atoms in total. The monoisotopic (exact) mass is 518 g/mol. The van der Waals surface area contributed by atoms with E-state index in [1.807, 2.05) is 51.1 Å². The van der Waals surface area contributed by atoms with Crippen LogP contribution in [0.4, 0.5) is 0 Å². The highest BCUT2D eigenvalue weighted by Gasteiger charge is 2.45. The third kappa shape index (κ3) is 4.78. The topological polar surface area (TPSA) is 58.5 Å². The number of hydrogen-bond donors (Lipinski definition) is 1. The zero-order valence-corrected chi connectivity index (χ0v) is 24.1. The van der Waals surface area contributed by atoms with Gasteiger partial charge in [-0.3, -0.25) is 14.6 Å². The van der Waals surface area contributed by atoms with E-state index in [9.17, 15) is 9.59 Å². The molecule has 0 radical (unpaired) electrons. The van der Waals surface area contributed by atoms with Crippen molar-refractivity contribution in [2.45, 2.75) is 66.7 Å². The lowest BCUT2D eigenvalue weighted by Gasteiger charge is -2.30. The van der Waals surface area contributed by atoms with Crippen LogP contribution < -0.4 is 5.32 Å². The minimum Gasteiger partial charge on any atom is -0.353 e. The number of nitrogens with zero attached hydrogens (tertiary/aromatic N) is 1. The number of hydrogen-bond acceptors (Lipinski definition) is 3. The van der Waals surface area contributed by atoms with Crippen molar-refractivity contribution in [3.8, 4) is 0 Å². The molecule has 4 heteroatoms. The van der Waals surface area contributed by atoms with Crippen molar-refractivity contribution in [3.63, 3.8) is 0 Å². The second kappa shape index (κ2) is 10.4. The first kappa shape index (κ1) is 26.8.